The lowest BCUT2D eigenvalue weighted by molar-refractivity contribution is 0.0966. The molecule has 5 nitrogen and oxygen atoms in total. The Morgan fingerprint density at radius 1 is 1.13 bits per heavy atom. The number of rotatable bonds is 3. The number of hydrogen-bond acceptors (Lipinski definition) is 4. The van der Waals surface area contributed by atoms with Crippen LogP contribution in [0.3, 0.4) is 0 Å². The molecule has 2 heterocycles. The highest BCUT2D eigenvalue weighted by Crippen LogP contribution is 2.25. The van der Waals surface area contributed by atoms with E-state index in [1.54, 1.807) is 49.6 Å². The van der Waals surface area contributed by atoms with Crippen LogP contribution >= 0.6 is 0 Å². The van der Waals surface area contributed by atoms with Crippen LogP contribution in [0.4, 0.5) is 5.82 Å². The average Bonchev–Trinajstić information content (AvgIpc) is 3.04. The summed E-state index contributed by atoms with van der Waals surface area (Å²) in [4.78, 5) is 18.3. The van der Waals surface area contributed by atoms with Gasteiger partial charge < -0.3 is 9.52 Å². The zero-order valence-electron chi connectivity index (χ0n) is 12.9. The van der Waals surface area contributed by atoms with Crippen molar-refractivity contribution < 1.29 is 14.3 Å². The molecular formula is C18H16N2O3. The topological polar surface area (TPSA) is 66.6 Å². The van der Waals surface area contributed by atoms with Crippen LogP contribution in [0.1, 0.15) is 16.1 Å². The number of anilines is 1. The molecule has 3 aromatic rings. The third-order valence-corrected chi connectivity index (χ3v) is 3.57. The van der Waals surface area contributed by atoms with Crippen molar-refractivity contribution in [2.75, 3.05) is 11.9 Å². The Balaban J connectivity index is 1.86. The summed E-state index contributed by atoms with van der Waals surface area (Å²) >= 11 is 0. The van der Waals surface area contributed by atoms with Crippen molar-refractivity contribution in [1.29, 1.82) is 0 Å². The van der Waals surface area contributed by atoms with E-state index in [1.165, 1.54) is 4.90 Å². The monoisotopic (exact) mass is 308 g/mol. The van der Waals surface area contributed by atoms with Gasteiger partial charge in [0, 0.05) is 18.8 Å². The van der Waals surface area contributed by atoms with E-state index in [0.29, 0.717) is 11.6 Å². The van der Waals surface area contributed by atoms with Crippen molar-refractivity contribution in [3.8, 4) is 17.1 Å². The highest BCUT2D eigenvalue weighted by Gasteiger charge is 2.19. The maximum atomic E-state index is 12.5. The van der Waals surface area contributed by atoms with E-state index >= 15 is 0 Å². The molecule has 0 saturated carbocycles. The molecule has 0 bridgehead atoms. The minimum Gasteiger partial charge on any atom is -0.508 e. The minimum absolute atomic E-state index is 0.182. The Morgan fingerprint density at radius 2 is 1.87 bits per heavy atom. The lowest BCUT2D eigenvalue weighted by Crippen LogP contribution is -2.27. The lowest BCUT2D eigenvalue weighted by Gasteiger charge is -2.16. The standard InChI is InChI=1S/C18H16N2O3/c1-12-4-3-11-19-17(12)20(2)18(22)16-10-9-15(23-16)13-5-7-14(21)8-6-13/h3-11,21H,1-2H3. The maximum Gasteiger partial charge on any atom is 0.294 e. The second-order valence-electron chi connectivity index (χ2n) is 5.22. The number of carbonyl (C=O) groups excluding carboxylic acids is 1. The van der Waals surface area contributed by atoms with E-state index in [-0.39, 0.29) is 17.4 Å². The van der Waals surface area contributed by atoms with E-state index in [0.717, 1.165) is 11.1 Å². The number of furan rings is 1. The first-order valence-electron chi connectivity index (χ1n) is 7.15. The maximum absolute atomic E-state index is 12.5. The first-order valence-corrected chi connectivity index (χ1v) is 7.15. The molecule has 23 heavy (non-hydrogen) atoms. The number of pyridine rings is 1. The van der Waals surface area contributed by atoms with Crippen LogP contribution in [0.2, 0.25) is 0 Å². The van der Waals surface area contributed by atoms with Gasteiger partial charge in [0.15, 0.2) is 5.76 Å². The van der Waals surface area contributed by atoms with Crippen LogP contribution < -0.4 is 4.90 Å². The number of aromatic nitrogens is 1. The van der Waals surface area contributed by atoms with Gasteiger partial charge in [0.1, 0.15) is 17.3 Å². The van der Waals surface area contributed by atoms with Crippen molar-refractivity contribution in [2.45, 2.75) is 6.92 Å². The van der Waals surface area contributed by atoms with Crippen LogP contribution in [-0.2, 0) is 0 Å². The second kappa shape index (κ2) is 5.96. The van der Waals surface area contributed by atoms with Crippen molar-refractivity contribution in [1.82, 2.24) is 4.98 Å². The lowest BCUT2D eigenvalue weighted by atomic mass is 10.2. The molecule has 1 aromatic carbocycles. The van der Waals surface area contributed by atoms with Crippen LogP contribution in [0.15, 0.2) is 59.1 Å². The highest BCUT2D eigenvalue weighted by atomic mass is 16.4. The van der Waals surface area contributed by atoms with Gasteiger partial charge in [-0.3, -0.25) is 9.69 Å². The predicted octanol–water partition coefficient (Wildman–Crippen LogP) is 3.63. The van der Waals surface area contributed by atoms with Gasteiger partial charge in [0.2, 0.25) is 0 Å². The Morgan fingerprint density at radius 3 is 2.57 bits per heavy atom. The number of nitrogens with zero attached hydrogens (tertiary/aromatic N) is 2. The first-order chi connectivity index (χ1) is 11.1. The molecule has 0 unspecified atom stereocenters. The van der Waals surface area contributed by atoms with E-state index in [2.05, 4.69) is 4.98 Å². The predicted molar refractivity (Wildman–Crippen MR) is 87.5 cm³/mol. The molecule has 1 N–H and O–H groups in total. The van der Waals surface area contributed by atoms with Gasteiger partial charge in [-0.2, -0.15) is 0 Å². The normalized spacial score (nSPS) is 10.5. The third-order valence-electron chi connectivity index (χ3n) is 3.57. The Bertz CT molecular complexity index is 837. The van der Waals surface area contributed by atoms with Gasteiger partial charge >= 0.3 is 0 Å². The SMILES string of the molecule is Cc1cccnc1N(C)C(=O)c1ccc(-c2ccc(O)cc2)o1. The van der Waals surface area contributed by atoms with Crippen LogP contribution in [-0.4, -0.2) is 23.0 Å². The average molecular weight is 308 g/mol. The molecule has 0 radical (unpaired) electrons. The summed E-state index contributed by atoms with van der Waals surface area (Å²) in [5.41, 5.74) is 1.70. The zero-order chi connectivity index (χ0) is 16.4. The van der Waals surface area contributed by atoms with Crippen LogP contribution in [0.25, 0.3) is 11.3 Å². The molecule has 0 saturated heterocycles. The van der Waals surface area contributed by atoms with E-state index in [9.17, 15) is 9.90 Å². The quantitative estimate of drug-likeness (QED) is 0.802. The molecule has 116 valence electrons. The Labute approximate surface area is 133 Å². The largest absolute Gasteiger partial charge is 0.508 e. The number of carbonyl (C=O) groups is 1. The summed E-state index contributed by atoms with van der Waals surface area (Å²) in [6.45, 7) is 1.90. The highest BCUT2D eigenvalue weighted by molar-refractivity contribution is 6.03. The fourth-order valence-electron chi connectivity index (χ4n) is 2.32. The molecule has 0 atom stereocenters. The third kappa shape index (κ3) is 2.94. The molecule has 0 aliphatic rings. The Hall–Kier alpha value is -3.08. The van der Waals surface area contributed by atoms with E-state index < -0.39 is 0 Å². The molecule has 0 spiro atoms. The van der Waals surface area contributed by atoms with Gasteiger partial charge in [-0.05, 0) is 55.0 Å². The smallest absolute Gasteiger partial charge is 0.294 e. The molecule has 3 rings (SSSR count). The molecular weight excluding hydrogens is 292 g/mol. The Kier molecular flexibility index (Phi) is 3.85. The minimum atomic E-state index is -0.267. The van der Waals surface area contributed by atoms with Gasteiger partial charge in [0.25, 0.3) is 5.91 Å². The number of aryl methyl sites for hydroxylation is 1. The fourth-order valence-corrected chi connectivity index (χ4v) is 2.32. The summed E-state index contributed by atoms with van der Waals surface area (Å²) in [5.74, 6) is 1.32. The summed E-state index contributed by atoms with van der Waals surface area (Å²) in [6.07, 6.45) is 1.65. The van der Waals surface area contributed by atoms with Crippen molar-refractivity contribution in [2.24, 2.45) is 0 Å². The zero-order valence-corrected chi connectivity index (χ0v) is 12.9. The van der Waals surface area contributed by atoms with Gasteiger partial charge in [-0.1, -0.05) is 6.07 Å². The first kappa shape index (κ1) is 14.8. The molecule has 0 aliphatic heterocycles. The van der Waals surface area contributed by atoms with Crippen molar-refractivity contribution >= 4 is 11.7 Å². The molecule has 0 fully saturated rings. The van der Waals surface area contributed by atoms with E-state index in [1.807, 2.05) is 19.1 Å². The van der Waals surface area contributed by atoms with Gasteiger partial charge in [-0.25, -0.2) is 4.98 Å². The van der Waals surface area contributed by atoms with Gasteiger partial charge in [0.05, 0.1) is 0 Å². The fraction of sp³-hybridized carbons (Fsp3) is 0.111. The van der Waals surface area contributed by atoms with Gasteiger partial charge in [-0.15, -0.1) is 0 Å². The van der Waals surface area contributed by atoms with Crippen LogP contribution in [0.5, 0.6) is 5.75 Å². The number of phenols is 1. The molecule has 1 amide bonds. The second-order valence-corrected chi connectivity index (χ2v) is 5.22. The van der Waals surface area contributed by atoms with Crippen molar-refractivity contribution in [3.63, 3.8) is 0 Å². The number of hydrogen-bond donors (Lipinski definition) is 1. The molecule has 0 aliphatic carbocycles. The number of phenolic OH excluding ortho intramolecular Hbond substituents is 1. The summed E-state index contributed by atoms with van der Waals surface area (Å²) in [7, 11) is 1.67. The summed E-state index contributed by atoms with van der Waals surface area (Å²) < 4.78 is 5.65. The number of benzene rings is 1. The summed E-state index contributed by atoms with van der Waals surface area (Å²) in [6, 6.07) is 13.7. The number of amides is 1. The molecule has 2 aromatic heterocycles. The van der Waals surface area contributed by atoms with E-state index in [4.69, 9.17) is 4.42 Å². The number of aromatic hydroxyl groups is 1. The summed E-state index contributed by atoms with van der Waals surface area (Å²) in [5, 5.41) is 9.32. The molecule has 5 heteroatoms. The van der Waals surface area contributed by atoms with Crippen molar-refractivity contribution in [3.05, 3.63) is 66.1 Å². The van der Waals surface area contributed by atoms with Crippen LogP contribution in [0, 0.1) is 6.92 Å².